The fraction of sp³-hybridized carbons (Fsp3) is 0.118. The second kappa shape index (κ2) is 5.32. The lowest BCUT2D eigenvalue weighted by atomic mass is 10.1. The minimum absolute atomic E-state index is 0.0272. The molecule has 0 aliphatic carbocycles. The SMILES string of the molecule is Cc1ncccc1-c1ccc2cc(CC(=O)O)ccc2n1. The normalized spacial score (nSPS) is 10.7. The highest BCUT2D eigenvalue weighted by Gasteiger charge is 2.06. The predicted octanol–water partition coefficient (Wildman–Crippen LogP) is 3.23. The molecule has 4 nitrogen and oxygen atoms in total. The Hall–Kier alpha value is -2.75. The number of aliphatic carboxylic acids is 1. The second-order valence-corrected chi connectivity index (χ2v) is 4.93. The highest BCUT2D eigenvalue weighted by molar-refractivity contribution is 5.83. The quantitative estimate of drug-likeness (QED) is 0.799. The zero-order valence-corrected chi connectivity index (χ0v) is 11.6. The van der Waals surface area contributed by atoms with E-state index in [-0.39, 0.29) is 6.42 Å². The van der Waals surface area contributed by atoms with E-state index in [0.29, 0.717) is 0 Å². The van der Waals surface area contributed by atoms with Gasteiger partial charge < -0.3 is 5.11 Å². The van der Waals surface area contributed by atoms with Gasteiger partial charge in [-0.25, -0.2) is 4.98 Å². The van der Waals surface area contributed by atoms with E-state index in [1.54, 1.807) is 6.20 Å². The fourth-order valence-corrected chi connectivity index (χ4v) is 2.36. The summed E-state index contributed by atoms with van der Waals surface area (Å²) in [4.78, 5) is 19.7. The molecule has 2 heterocycles. The number of benzene rings is 1. The van der Waals surface area contributed by atoms with E-state index >= 15 is 0 Å². The average Bonchev–Trinajstić information content (AvgIpc) is 2.47. The van der Waals surface area contributed by atoms with Gasteiger partial charge in [-0.1, -0.05) is 12.1 Å². The summed E-state index contributed by atoms with van der Waals surface area (Å²) < 4.78 is 0. The summed E-state index contributed by atoms with van der Waals surface area (Å²) in [5.41, 5.74) is 4.45. The largest absolute Gasteiger partial charge is 0.481 e. The van der Waals surface area contributed by atoms with Crippen LogP contribution in [0.2, 0.25) is 0 Å². The van der Waals surface area contributed by atoms with E-state index in [4.69, 9.17) is 5.11 Å². The van der Waals surface area contributed by atoms with E-state index in [1.807, 2.05) is 49.4 Å². The fourth-order valence-electron chi connectivity index (χ4n) is 2.36. The van der Waals surface area contributed by atoms with Gasteiger partial charge in [0.05, 0.1) is 17.6 Å². The van der Waals surface area contributed by atoms with E-state index in [9.17, 15) is 4.79 Å². The van der Waals surface area contributed by atoms with Gasteiger partial charge >= 0.3 is 5.97 Å². The van der Waals surface area contributed by atoms with Crippen molar-refractivity contribution in [1.29, 1.82) is 0 Å². The number of pyridine rings is 2. The van der Waals surface area contributed by atoms with Gasteiger partial charge in [-0.05, 0) is 42.8 Å². The van der Waals surface area contributed by atoms with Gasteiger partial charge in [0, 0.05) is 22.8 Å². The zero-order valence-electron chi connectivity index (χ0n) is 11.6. The number of carbonyl (C=O) groups is 1. The molecule has 0 saturated heterocycles. The van der Waals surface area contributed by atoms with Crippen molar-refractivity contribution in [3.05, 3.63) is 59.9 Å². The molecule has 0 unspecified atom stereocenters. The standard InChI is InChI=1S/C17H14N2O2/c1-11-14(3-2-8-18-11)16-7-5-13-9-12(10-17(20)21)4-6-15(13)19-16/h2-9H,10H2,1H3,(H,20,21). The molecular formula is C17H14N2O2. The van der Waals surface area contributed by atoms with Crippen LogP contribution in [0.3, 0.4) is 0 Å². The van der Waals surface area contributed by atoms with Crippen LogP contribution < -0.4 is 0 Å². The summed E-state index contributed by atoms with van der Waals surface area (Å²) in [6.07, 6.45) is 1.79. The number of hydrogen-bond donors (Lipinski definition) is 1. The number of aryl methyl sites for hydroxylation is 1. The molecule has 2 aromatic heterocycles. The van der Waals surface area contributed by atoms with E-state index in [1.165, 1.54) is 0 Å². The molecule has 0 aliphatic rings. The maximum absolute atomic E-state index is 10.8. The number of fused-ring (bicyclic) bond motifs is 1. The molecule has 21 heavy (non-hydrogen) atoms. The summed E-state index contributed by atoms with van der Waals surface area (Å²) in [7, 11) is 0. The topological polar surface area (TPSA) is 63.1 Å². The Balaban J connectivity index is 2.05. The van der Waals surface area contributed by atoms with Gasteiger partial charge in [-0.3, -0.25) is 9.78 Å². The van der Waals surface area contributed by atoms with Crippen LogP contribution >= 0.6 is 0 Å². The Kier molecular flexibility index (Phi) is 3.36. The summed E-state index contributed by atoms with van der Waals surface area (Å²) in [5, 5.41) is 9.78. The molecule has 1 aromatic carbocycles. The third-order valence-corrected chi connectivity index (χ3v) is 3.39. The van der Waals surface area contributed by atoms with Crippen LogP contribution in [0.25, 0.3) is 22.2 Å². The van der Waals surface area contributed by atoms with Crippen molar-refractivity contribution in [2.24, 2.45) is 0 Å². The third-order valence-electron chi connectivity index (χ3n) is 3.39. The van der Waals surface area contributed by atoms with Crippen molar-refractivity contribution in [1.82, 2.24) is 9.97 Å². The van der Waals surface area contributed by atoms with Crippen molar-refractivity contribution in [3.63, 3.8) is 0 Å². The Labute approximate surface area is 122 Å². The van der Waals surface area contributed by atoms with Gasteiger partial charge in [0.1, 0.15) is 0 Å². The monoisotopic (exact) mass is 278 g/mol. The lowest BCUT2D eigenvalue weighted by Gasteiger charge is -2.06. The van der Waals surface area contributed by atoms with Crippen molar-refractivity contribution < 1.29 is 9.90 Å². The van der Waals surface area contributed by atoms with Crippen LogP contribution in [0.5, 0.6) is 0 Å². The lowest BCUT2D eigenvalue weighted by Crippen LogP contribution is -1.99. The molecular weight excluding hydrogens is 264 g/mol. The van der Waals surface area contributed by atoms with Crippen molar-refractivity contribution in [2.45, 2.75) is 13.3 Å². The van der Waals surface area contributed by atoms with E-state index < -0.39 is 5.97 Å². The first-order valence-electron chi connectivity index (χ1n) is 6.67. The third kappa shape index (κ3) is 2.74. The predicted molar refractivity (Wildman–Crippen MR) is 81.1 cm³/mol. The lowest BCUT2D eigenvalue weighted by molar-refractivity contribution is -0.136. The Morgan fingerprint density at radius 2 is 2.05 bits per heavy atom. The number of aromatic nitrogens is 2. The average molecular weight is 278 g/mol. The van der Waals surface area contributed by atoms with Crippen LogP contribution in [-0.4, -0.2) is 21.0 Å². The highest BCUT2D eigenvalue weighted by atomic mass is 16.4. The summed E-state index contributed by atoms with van der Waals surface area (Å²) in [6, 6.07) is 13.3. The van der Waals surface area contributed by atoms with Crippen LogP contribution in [0.4, 0.5) is 0 Å². The molecule has 0 radical (unpaired) electrons. The Morgan fingerprint density at radius 3 is 2.81 bits per heavy atom. The minimum Gasteiger partial charge on any atom is -0.481 e. The first-order valence-corrected chi connectivity index (χ1v) is 6.67. The molecule has 1 N–H and O–H groups in total. The molecule has 0 saturated carbocycles. The molecule has 3 aromatic rings. The van der Waals surface area contributed by atoms with Crippen LogP contribution in [0, 0.1) is 6.92 Å². The molecule has 0 amide bonds. The molecule has 0 atom stereocenters. The molecule has 0 bridgehead atoms. The summed E-state index contributed by atoms with van der Waals surface area (Å²) >= 11 is 0. The molecule has 0 spiro atoms. The van der Waals surface area contributed by atoms with Crippen LogP contribution in [0.1, 0.15) is 11.3 Å². The summed E-state index contributed by atoms with van der Waals surface area (Å²) in [6.45, 7) is 1.96. The molecule has 0 fully saturated rings. The molecule has 4 heteroatoms. The molecule has 0 aliphatic heterocycles. The zero-order chi connectivity index (χ0) is 14.8. The van der Waals surface area contributed by atoms with E-state index in [0.717, 1.165) is 33.4 Å². The van der Waals surface area contributed by atoms with Crippen LogP contribution in [-0.2, 0) is 11.2 Å². The smallest absolute Gasteiger partial charge is 0.307 e. The first kappa shape index (κ1) is 13.2. The van der Waals surface area contributed by atoms with Crippen LogP contribution in [0.15, 0.2) is 48.7 Å². The number of hydrogen-bond acceptors (Lipinski definition) is 3. The maximum atomic E-state index is 10.8. The Morgan fingerprint density at radius 1 is 1.19 bits per heavy atom. The number of nitrogens with zero attached hydrogens (tertiary/aromatic N) is 2. The van der Waals surface area contributed by atoms with Gasteiger partial charge in [0.15, 0.2) is 0 Å². The number of rotatable bonds is 3. The second-order valence-electron chi connectivity index (χ2n) is 4.93. The summed E-state index contributed by atoms with van der Waals surface area (Å²) in [5.74, 6) is -0.829. The van der Waals surface area contributed by atoms with Gasteiger partial charge in [0.25, 0.3) is 0 Å². The maximum Gasteiger partial charge on any atom is 0.307 e. The highest BCUT2D eigenvalue weighted by Crippen LogP contribution is 2.23. The minimum atomic E-state index is -0.829. The molecule has 104 valence electrons. The molecule has 3 rings (SSSR count). The van der Waals surface area contributed by atoms with Crippen molar-refractivity contribution in [3.8, 4) is 11.3 Å². The Bertz CT molecular complexity index is 828. The number of carboxylic acid groups (broad SMARTS) is 1. The van der Waals surface area contributed by atoms with E-state index in [2.05, 4.69) is 9.97 Å². The van der Waals surface area contributed by atoms with Crippen molar-refractivity contribution in [2.75, 3.05) is 0 Å². The van der Waals surface area contributed by atoms with Crippen molar-refractivity contribution >= 4 is 16.9 Å². The number of carboxylic acids is 1. The van der Waals surface area contributed by atoms with Gasteiger partial charge in [-0.15, -0.1) is 0 Å². The first-order chi connectivity index (χ1) is 10.1. The van der Waals surface area contributed by atoms with Gasteiger partial charge in [-0.2, -0.15) is 0 Å². The van der Waals surface area contributed by atoms with Gasteiger partial charge in [0.2, 0.25) is 0 Å².